The van der Waals surface area contributed by atoms with Crippen molar-refractivity contribution in [2.75, 3.05) is 0 Å². The molecule has 0 fully saturated rings. The van der Waals surface area contributed by atoms with E-state index in [0.29, 0.717) is 22.4 Å². The lowest BCUT2D eigenvalue weighted by atomic mass is 10.1. The number of ether oxygens (including phenoxy) is 1. The minimum atomic E-state index is -0.453. The second-order valence-electron chi connectivity index (χ2n) is 6.55. The maximum Gasteiger partial charge on any atom is 0.269 e. The number of allylic oxidation sites excluding steroid dienone is 1. The molecule has 0 saturated carbocycles. The molecule has 0 heterocycles. The van der Waals surface area contributed by atoms with Gasteiger partial charge in [0.05, 0.1) is 10.5 Å². The fourth-order valence-corrected chi connectivity index (χ4v) is 3.14. The lowest BCUT2D eigenvalue weighted by Crippen LogP contribution is -2.00. The molecular formula is C23H15NO5. The van der Waals surface area contributed by atoms with E-state index >= 15 is 0 Å². The molecule has 3 aromatic rings. The second-order valence-corrected chi connectivity index (χ2v) is 6.55. The zero-order chi connectivity index (χ0) is 20.4. The summed E-state index contributed by atoms with van der Waals surface area (Å²) in [6, 6.07) is 20.0. The summed E-state index contributed by atoms with van der Waals surface area (Å²) >= 11 is 0. The van der Waals surface area contributed by atoms with Gasteiger partial charge in [0.25, 0.3) is 5.69 Å². The molecule has 0 N–H and O–H groups in total. The maximum absolute atomic E-state index is 12.5. The Morgan fingerprint density at radius 1 is 0.862 bits per heavy atom. The van der Waals surface area contributed by atoms with E-state index in [2.05, 4.69) is 0 Å². The molecule has 0 unspecified atom stereocenters. The SMILES string of the molecule is O=C1C(=Cc2cccc(OCc3ccc([N+](=O)[O-])cc3)c2)C(=O)c2ccccc21. The third kappa shape index (κ3) is 3.68. The summed E-state index contributed by atoms with van der Waals surface area (Å²) in [5.74, 6) is 0.0127. The molecule has 142 valence electrons. The van der Waals surface area contributed by atoms with E-state index in [4.69, 9.17) is 4.74 Å². The number of rotatable bonds is 5. The minimum Gasteiger partial charge on any atom is -0.489 e. The quantitative estimate of drug-likeness (QED) is 0.276. The van der Waals surface area contributed by atoms with E-state index in [1.54, 1.807) is 66.7 Å². The first kappa shape index (κ1) is 18.3. The molecule has 3 aromatic carbocycles. The minimum absolute atomic E-state index is 0.0225. The summed E-state index contributed by atoms with van der Waals surface area (Å²) in [4.78, 5) is 35.3. The van der Waals surface area contributed by atoms with Crippen LogP contribution in [0.1, 0.15) is 31.8 Å². The third-order valence-electron chi connectivity index (χ3n) is 4.63. The first-order valence-electron chi connectivity index (χ1n) is 8.89. The van der Waals surface area contributed by atoms with Crippen molar-refractivity contribution < 1.29 is 19.2 Å². The smallest absolute Gasteiger partial charge is 0.269 e. The highest BCUT2D eigenvalue weighted by atomic mass is 16.6. The molecule has 0 aliphatic heterocycles. The van der Waals surface area contributed by atoms with Crippen LogP contribution in [0.2, 0.25) is 0 Å². The summed E-state index contributed by atoms with van der Waals surface area (Å²) in [6.07, 6.45) is 1.57. The highest BCUT2D eigenvalue weighted by Gasteiger charge is 2.32. The maximum atomic E-state index is 12.5. The van der Waals surface area contributed by atoms with Crippen LogP contribution in [0.5, 0.6) is 5.75 Å². The molecule has 29 heavy (non-hydrogen) atoms. The van der Waals surface area contributed by atoms with Crippen LogP contribution in [0.15, 0.2) is 78.4 Å². The number of nitro groups is 1. The van der Waals surface area contributed by atoms with Crippen LogP contribution in [0.3, 0.4) is 0 Å². The number of nitrogens with zero attached hydrogens (tertiary/aromatic N) is 1. The molecule has 0 radical (unpaired) electrons. The second kappa shape index (κ2) is 7.52. The van der Waals surface area contributed by atoms with E-state index in [9.17, 15) is 19.7 Å². The van der Waals surface area contributed by atoms with Crippen molar-refractivity contribution in [2.45, 2.75) is 6.61 Å². The molecule has 0 amide bonds. The van der Waals surface area contributed by atoms with Crippen molar-refractivity contribution in [1.82, 2.24) is 0 Å². The van der Waals surface area contributed by atoms with Gasteiger partial charge in [0.15, 0.2) is 11.6 Å². The topological polar surface area (TPSA) is 86.5 Å². The van der Waals surface area contributed by atoms with Crippen LogP contribution in [-0.2, 0) is 6.61 Å². The fraction of sp³-hybridized carbons (Fsp3) is 0.0435. The largest absolute Gasteiger partial charge is 0.489 e. The number of fused-ring (bicyclic) bond motifs is 1. The molecule has 1 aliphatic rings. The number of hydrogen-bond donors (Lipinski definition) is 0. The number of carbonyl (C=O) groups excluding carboxylic acids is 2. The van der Waals surface area contributed by atoms with Gasteiger partial charge in [-0.2, -0.15) is 0 Å². The van der Waals surface area contributed by atoms with Crippen LogP contribution in [0.25, 0.3) is 6.08 Å². The fourth-order valence-electron chi connectivity index (χ4n) is 3.14. The Bertz CT molecular complexity index is 1120. The van der Waals surface area contributed by atoms with E-state index in [-0.39, 0.29) is 29.4 Å². The summed E-state index contributed by atoms with van der Waals surface area (Å²) in [7, 11) is 0. The molecule has 0 bridgehead atoms. The van der Waals surface area contributed by atoms with Crippen molar-refractivity contribution >= 4 is 23.3 Å². The van der Waals surface area contributed by atoms with E-state index in [1.807, 2.05) is 0 Å². The van der Waals surface area contributed by atoms with Crippen molar-refractivity contribution in [2.24, 2.45) is 0 Å². The van der Waals surface area contributed by atoms with Gasteiger partial charge in [-0.3, -0.25) is 19.7 Å². The van der Waals surface area contributed by atoms with Gasteiger partial charge < -0.3 is 4.74 Å². The van der Waals surface area contributed by atoms with Gasteiger partial charge in [-0.25, -0.2) is 0 Å². The Hall–Kier alpha value is -4.06. The van der Waals surface area contributed by atoms with Crippen LogP contribution < -0.4 is 4.74 Å². The van der Waals surface area contributed by atoms with Crippen molar-refractivity contribution in [3.8, 4) is 5.75 Å². The lowest BCUT2D eigenvalue weighted by Gasteiger charge is -2.07. The van der Waals surface area contributed by atoms with Crippen LogP contribution >= 0.6 is 0 Å². The molecule has 6 nitrogen and oxygen atoms in total. The average molecular weight is 385 g/mol. The molecule has 0 saturated heterocycles. The van der Waals surface area contributed by atoms with Gasteiger partial charge in [-0.15, -0.1) is 0 Å². The monoisotopic (exact) mass is 385 g/mol. The Morgan fingerprint density at radius 3 is 2.14 bits per heavy atom. The summed E-state index contributed by atoms with van der Waals surface area (Å²) < 4.78 is 5.74. The van der Waals surface area contributed by atoms with E-state index in [1.165, 1.54) is 12.1 Å². The number of carbonyl (C=O) groups is 2. The van der Waals surface area contributed by atoms with Crippen molar-refractivity contribution in [3.63, 3.8) is 0 Å². The number of hydrogen-bond acceptors (Lipinski definition) is 5. The first-order chi connectivity index (χ1) is 14.0. The molecule has 6 heteroatoms. The zero-order valence-electron chi connectivity index (χ0n) is 15.2. The Morgan fingerprint density at radius 2 is 1.52 bits per heavy atom. The number of benzene rings is 3. The third-order valence-corrected chi connectivity index (χ3v) is 4.63. The predicted molar refractivity (Wildman–Crippen MR) is 107 cm³/mol. The average Bonchev–Trinajstić information content (AvgIpc) is 2.98. The van der Waals surface area contributed by atoms with Crippen molar-refractivity contribution in [3.05, 3.63) is 111 Å². The number of nitro benzene ring substituents is 1. The van der Waals surface area contributed by atoms with Crippen LogP contribution in [0.4, 0.5) is 5.69 Å². The lowest BCUT2D eigenvalue weighted by molar-refractivity contribution is -0.384. The molecular weight excluding hydrogens is 370 g/mol. The van der Waals surface area contributed by atoms with Crippen LogP contribution in [-0.4, -0.2) is 16.5 Å². The van der Waals surface area contributed by atoms with Crippen molar-refractivity contribution in [1.29, 1.82) is 0 Å². The standard InChI is InChI=1S/C23H15NO5/c25-22-19-6-1-2-7-20(19)23(26)21(22)13-16-4-3-5-18(12-16)29-14-15-8-10-17(11-9-15)24(27)28/h1-13H,14H2. The predicted octanol–water partition coefficient (Wildman–Crippen LogP) is 4.64. The van der Waals surface area contributed by atoms with Gasteiger partial charge in [-0.1, -0.05) is 36.4 Å². The Kier molecular flexibility index (Phi) is 4.75. The highest BCUT2D eigenvalue weighted by molar-refractivity contribution is 6.41. The van der Waals surface area contributed by atoms with E-state index in [0.717, 1.165) is 5.56 Å². The van der Waals surface area contributed by atoms with Gasteiger partial charge in [0.2, 0.25) is 0 Å². The van der Waals surface area contributed by atoms with Gasteiger partial charge in [0.1, 0.15) is 12.4 Å². The number of Topliss-reactive ketones (excluding diaryl/α,β-unsaturated/α-hetero) is 2. The number of non-ortho nitro benzene ring substituents is 1. The summed E-state index contributed by atoms with van der Waals surface area (Å²) in [6.45, 7) is 0.237. The molecule has 0 atom stereocenters. The molecule has 0 aromatic heterocycles. The molecule has 1 aliphatic carbocycles. The Labute approximate surface area is 166 Å². The van der Waals surface area contributed by atoms with Crippen LogP contribution in [0, 0.1) is 10.1 Å². The van der Waals surface area contributed by atoms with Gasteiger partial charge in [0, 0.05) is 23.3 Å². The first-order valence-corrected chi connectivity index (χ1v) is 8.89. The van der Waals surface area contributed by atoms with Gasteiger partial charge in [-0.05, 0) is 41.5 Å². The van der Waals surface area contributed by atoms with E-state index < -0.39 is 4.92 Å². The molecule has 0 spiro atoms. The van der Waals surface area contributed by atoms with Gasteiger partial charge >= 0.3 is 0 Å². The summed E-state index contributed by atoms with van der Waals surface area (Å²) in [5, 5.41) is 10.7. The molecule has 4 rings (SSSR count). The highest BCUT2D eigenvalue weighted by Crippen LogP contribution is 2.28. The number of ketones is 2. The summed E-state index contributed by atoms with van der Waals surface area (Å²) in [5.41, 5.74) is 2.48. The normalized spacial score (nSPS) is 12.6. The zero-order valence-corrected chi connectivity index (χ0v) is 15.2. The Balaban J connectivity index is 1.51.